The lowest BCUT2D eigenvalue weighted by molar-refractivity contribution is -0.0511. The number of aromatic nitrogens is 4. The summed E-state index contributed by atoms with van der Waals surface area (Å²) in [5.41, 5.74) is 3.21. The van der Waals surface area contributed by atoms with Gasteiger partial charge in [0.2, 0.25) is 0 Å². The molecule has 0 spiro atoms. The van der Waals surface area contributed by atoms with E-state index >= 15 is 0 Å². The molecule has 5 rings (SSSR count). The first-order valence-corrected chi connectivity index (χ1v) is 11.3. The number of rotatable bonds is 8. The summed E-state index contributed by atoms with van der Waals surface area (Å²) in [6.07, 6.45) is -1.35. The maximum atomic E-state index is 10.4. The second-order valence-corrected chi connectivity index (χ2v) is 8.39. The van der Waals surface area contributed by atoms with Gasteiger partial charge in [0.15, 0.2) is 23.2 Å². The van der Waals surface area contributed by atoms with Gasteiger partial charge in [0, 0.05) is 12.5 Å². The third kappa shape index (κ3) is 4.44. The van der Waals surface area contributed by atoms with E-state index in [1.807, 2.05) is 42.5 Å². The zero-order valence-corrected chi connectivity index (χ0v) is 19.1. The lowest BCUT2D eigenvalue weighted by atomic mass is 9.91. The largest absolute Gasteiger partial charge is 0.497 e. The summed E-state index contributed by atoms with van der Waals surface area (Å²) in [5, 5.41) is 33.4. The molecule has 0 saturated carbocycles. The molecule has 3 heterocycles. The molecule has 1 unspecified atom stereocenters. The van der Waals surface area contributed by atoms with E-state index < -0.39 is 31.1 Å². The van der Waals surface area contributed by atoms with Crippen molar-refractivity contribution in [3.05, 3.63) is 78.4 Å². The van der Waals surface area contributed by atoms with E-state index in [4.69, 9.17) is 9.47 Å². The Bertz CT molecular complexity index is 1270. The van der Waals surface area contributed by atoms with Gasteiger partial charge in [0.25, 0.3) is 0 Å². The normalized spacial score (nSPS) is 22.9. The predicted molar refractivity (Wildman–Crippen MR) is 128 cm³/mol. The first-order chi connectivity index (χ1) is 17.1. The Morgan fingerprint density at radius 2 is 1.74 bits per heavy atom. The van der Waals surface area contributed by atoms with Crippen molar-refractivity contribution in [2.45, 2.75) is 30.5 Å². The van der Waals surface area contributed by atoms with Crippen LogP contribution in [0, 0.1) is 0 Å². The van der Waals surface area contributed by atoms with Gasteiger partial charge in [0.05, 0.1) is 20.0 Å². The molecule has 182 valence electrons. The number of hydrogen-bond acceptors (Lipinski definition) is 9. The SMILES string of the molecule is COc1ccc(C(CNc2ncnc3c2ncn3[C@@H]2O[C@H](CO)[C@@H](O)[C@H]2O)c2ccccc2)cc1. The average Bonchev–Trinajstić information content (AvgIpc) is 3.46. The molecule has 4 N–H and O–H groups in total. The van der Waals surface area contributed by atoms with E-state index in [-0.39, 0.29) is 5.92 Å². The number of anilines is 1. The van der Waals surface area contributed by atoms with E-state index in [9.17, 15) is 15.3 Å². The van der Waals surface area contributed by atoms with Gasteiger partial charge in [-0.15, -0.1) is 0 Å². The van der Waals surface area contributed by atoms with Gasteiger partial charge >= 0.3 is 0 Å². The average molecular weight is 478 g/mol. The minimum Gasteiger partial charge on any atom is -0.497 e. The van der Waals surface area contributed by atoms with Crippen molar-refractivity contribution in [3.8, 4) is 5.75 Å². The van der Waals surface area contributed by atoms with Gasteiger partial charge in [-0.2, -0.15) is 0 Å². The summed E-state index contributed by atoms with van der Waals surface area (Å²) < 4.78 is 12.5. The van der Waals surface area contributed by atoms with Gasteiger partial charge in [-0.05, 0) is 23.3 Å². The van der Waals surface area contributed by atoms with Crippen molar-refractivity contribution in [1.29, 1.82) is 0 Å². The zero-order chi connectivity index (χ0) is 24.4. The van der Waals surface area contributed by atoms with Crippen LogP contribution >= 0.6 is 0 Å². The highest BCUT2D eigenvalue weighted by atomic mass is 16.6. The molecule has 2 aromatic heterocycles. The lowest BCUT2D eigenvalue weighted by Crippen LogP contribution is -2.33. The molecule has 1 aliphatic rings. The molecule has 4 aromatic rings. The van der Waals surface area contributed by atoms with E-state index in [1.165, 1.54) is 12.7 Å². The highest BCUT2D eigenvalue weighted by Gasteiger charge is 2.44. The van der Waals surface area contributed by atoms with Crippen LogP contribution in [0.3, 0.4) is 0 Å². The topological polar surface area (TPSA) is 135 Å². The number of fused-ring (bicyclic) bond motifs is 1. The van der Waals surface area contributed by atoms with E-state index in [0.717, 1.165) is 16.9 Å². The summed E-state index contributed by atoms with van der Waals surface area (Å²) in [7, 11) is 1.64. The van der Waals surface area contributed by atoms with Gasteiger partial charge in [0.1, 0.15) is 30.4 Å². The number of aliphatic hydroxyl groups is 3. The van der Waals surface area contributed by atoms with Crippen molar-refractivity contribution >= 4 is 17.0 Å². The third-order valence-electron chi connectivity index (χ3n) is 6.34. The Morgan fingerprint density at radius 3 is 2.43 bits per heavy atom. The number of hydrogen-bond donors (Lipinski definition) is 4. The van der Waals surface area contributed by atoms with Crippen LogP contribution in [0.5, 0.6) is 5.75 Å². The number of nitrogens with one attached hydrogen (secondary N) is 1. The van der Waals surface area contributed by atoms with Gasteiger partial charge in [-0.1, -0.05) is 42.5 Å². The smallest absolute Gasteiger partial charge is 0.167 e. The van der Waals surface area contributed by atoms with Gasteiger partial charge in [-0.25, -0.2) is 15.0 Å². The minimum atomic E-state index is -1.23. The monoisotopic (exact) mass is 477 g/mol. The molecule has 2 aromatic carbocycles. The van der Waals surface area contributed by atoms with Crippen molar-refractivity contribution < 1.29 is 24.8 Å². The molecule has 35 heavy (non-hydrogen) atoms. The fraction of sp³-hybridized carbons (Fsp3) is 0.320. The summed E-state index contributed by atoms with van der Waals surface area (Å²) in [5.74, 6) is 1.37. The van der Waals surface area contributed by atoms with Gasteiger partial charge < -0.3 is 30.1 Å². The Hall–Kier alpha value is -3.57. The number of nitrogens with zero attached hydrogens (tertiary/aromatic N) is 4. The highest BCUT2D eigenvalue weighted by Crippen LogP contribution is 2.33. The van der Waals surface area contributed by atoms with Crippen molar-refractivity contribution in [2.75, 3.05) is 25.6 Å². The van der Waals surface area contributed by atoms with Crippen LogP contribution in [0.25, 0.3) is 11.2 Å². The molecule has 0 bridgehead atoms. The first-order valence-electron chi connectivity index (χ1n) is 11.3. The lowest BCUT2D eigenvalue weighted by Gasteiger charge is -2.20. The minimum absolute atomic E-state index is 0.0367. The van der Waals surface area contributed by atoms with Crippen LogP contribution in [0.15, 0.2) is 67.3 Å². The first kappa shape index (κ1) is 23.2. The Morgan fingerprint density at radius 1 is 1.00 bits per heavy atom. The van der Waals surface area contributed by atoms with Crippen LogP contribution < -0.4 is 10.1 Å². The standard InChI is InChI=1S/C25H27N5O5/c1-34-17-9-7-16(8-10-17)18(15-5-3-2-4-6-15)11-26-23-20-24(28-13-27-23)30(14-29-20)25-22(33)21(32)19(12-31)35-25/h2-10,13-14,18-19,21-22,25,31-33H,11-12H2,1H3,(H,26,27,28)/t18?,19-,21-,22-,25-/m1/s1. The van der Waals surface area contributed by atoms with Crippen molar-refractivity contribution in [1.82, 2.24) is 19.5 Å². The van der Waals surface area contributed by atoms with E-state index in [0.29, 0.717) is 23.5 Å². The summed E-state index contributed by atoms with van der Waals surface area (Å²) in [6.45, 7) is 0.137. The molecule has 10 heteroatoms. The van der Waals surface area contributed by atoms with Crippen LogP contribution in [0.4, 0.5) is 5.82 Å². The predicted octanol–water partition coefficient (Wildman–Crippen LogP) is 1.69. The number of benzene rings is 2. The number of imidazole rings is 1. The third-order valence-corrected chi connectivity index (χ3v) is 6.34. The molecule has 1 saturated heterocycles. The highest BCUT2D eigenvalue weighted by molar-refractivity contribution is 5.82. The van der Waals surface area contributed by atoms with Crippen molar-refractivity contribution in [2.24, 2.45) is 0 Å². The molecule has 0 amide bonds. The van der Waals surface area contributed by atoms with Crippen molar-refractivity contribution in [3.63, 3.8) is 0 Å². The number of aliphatic hydroxyl groups excluding tert-OH is 3. The molecule has 0 radical (unpaired) electrons. The summed E-state index contributed by atoms with van der Waals surface area (Å²) in [4.78, 5) is 13.2. The quantitative estimate of drug-likeness (QED) is 0.299. The fourth-order valence-corrected chi connectivity index (χ4v) is 4.43. The van der Waals surface area contributed by atoms with Crippen LogP contribution in [-0.2, 0) is 4.74 Å². The number of methoxy groups -OCH3 is 1. The van der Waals surface area contributed by atoms with E-state index in [1.54, 1.807) is 11.7 Å². The Kier molecular flexibility index (Phi) is 6.60. The molecule has 1 aliphatic heterocycles. The second-order valence-electron chi connectivity index (χ2n) is 8.39. The maximum absolute atomic E-state index is 10.4. The van der Waals surface area contributed by atoms with Crippen LogP contribution in [-0.4, -0.2) is 73.4 Å². The van der Waals surface area contributed by atoms with Gasteiger partial charge in [-0.3, -0.25) is 4.57 Å². The van der Waals surface area contributed by atoms with Crippen LogP contribution in [0.2, 0.25) is 0 Å². The maximum Gasteiger partial charge on any atom is 0.167 e. The Balaban J connectivity index is 1.42. The van der Waals surface area contributed by atoms with Crippen LogP contribution in [0.1, 0.15) is 23.3 Å². The molecular formula is C25H27N5O5. The Labute approximate surface area is 201 Å². The second kappa shape index (κ2) is 9.96. The van der Waals surface area contributed by atoms with E-state index in [2.05, 4.69) is 32.4 Å². The summed E-state index contributed by atoms with van der Waals surface area (Å²) >= 11 is 0. The zero-order valence-electron chi connectivity index (χ0n) is 19.1. The molecule has 0 aliphatic carbocycles. The number of ether oxygens (including phenoxy) is 2. The fourth-order valence-electron chi connectivity index (χ4n) is 4.43. The molecule has 1 fully saturated rings. The molecule has 5 atom stereocenters. The molecular weight excluding hydrogens is 450 g/mol. The summed E-state index contributed by atoms with van der Waals surface area (Å²) in [6, 6.07) is 18.2. The molecule has 10 nitrogen and oxygen atoms in total.